The molecule has 19 heavy (non-hydrogen) atoms. The molecule has 2 rings (SSSR count). The van der Waals surface area contributed by atoms with Gasteiger partial charge in [0.15, 0.2) is 18.9 Å². The second kappa shape index (κ2) is 6.39. The van der Waals surface area contributed by atoms with Gasteiger partial charge in [-0.25, -0.2) is 4.98 Å². The zero-order valence-corrected chi connectivity index (χ0v) is 10.3. The third-order valence-corrected chi connectivity index (χ3v) is 2.53. The third-order valence-electron chi connectivity index (χ3n) is 2.53. The van der Waals surface area contributed by atoms with E-state index in [2.05, 4.69) is 17.1 Å². The van der Waals surface area contributed by atoms with E-state index < -0.39 is 0 Å². The molecule has 96 valence electrons. The van der Waals surface area contributed by atoms with Gasteiger partial charge in [0, 0.05) is 10.5 Å². The van der Waals surface area contributed by atoms with Crippen molar-refractivity contribution in [1.82, 2.24) is 4.98 Å². The molecule has 1 heterocycles. The van der Waals surface area contributed by atoms with E-state index in [1.807, 2.05) is 35.2 Å². The van der Waals surface area contributed by atoms with E-state index in [1.165, 1.54) is 11.6 Å². The lowest BCUT2D eigenvalue weighted by molar-refractivity contribution is -0.689. The zero-order valence-electron chi connectivity index (χ0n) is 10.3. The Morgan fingerprint density at radius 1 is 1.32 bits per heavy atom. The number of nitrogens with zero attached hydrogens (tertiary/aromatic N) is 3. The standard InChI is InChI=1S/C14H14N3O2/c18-17(19)9-4-7-14-12-16(10-8-15-14)11-13-5-2-1-3-6-13/h1-8,10,12H,9,11H2/q+1. The molecular weight excluding hydrogens is 242 g/mol. The Balaban J connectivity index is 2.07. The van der Waals surface area contributed by atoms with Gasteiger partial charge in [-0.15, -0.1) is 0 Å². The van der Waals surface area contributed by atoms with Crippen molar-refractivity contribution in [1.29, 1.82) is 0 Å². The second-order valence-electron chi connectivity index (χ2n) is 4.06. The summed E-state index contributed by atoms with van der Waals surface area (Å²) in [6, 6.07) is 10.1. The van der Waals surface area contributed by atoms with E-state index in [4.69, 9.17) is 0 Å². The van der Waals surface area contributed by atoms with Gasteiger partial charge in [0.1, 0.15) is 5.69 Å². The molecule has 0 spiro atoms. The highest BCUT2D eigenvalue weighted by molar-refractivity contribution is 5.41. The van der Waals surface area contributed by atoms with Crippen molar-refractivity contribution in [2.24, 2.45) is 0 Å². The maximum Gasteiger partial charge on any atom is 0.222 e. The molecular formula is C14H14N3O2+. The molecule has 0 aliphatic carbocycles. The van der Waals surface area contributed by atoms with Gasteiger partial charge in [0.25, 0.3) is 0 Å². The summed E-state index contributed by atoms with van der Waals surface area (Å²) in [4.78, 5) is 14.0. The van der Waals surface area contributed by atoms with Crippen LogP contribution in [-0.2, 0) is 6.54 Å². The fraction of sp³-hybridized carbons (Fsp3) is 0.143. The summed E-state index contributed by atoms with van der Waals surface area (Å²) in [6.07, 6.45) is 8.58. The van der Waals surface area contributed by atoms with Crippen LogP contribution in [0.25, 0.3) is 6.08 Å². The Hall–Kier alpha value is -2.56. The van der Waals surface area contributed by atoms with Crippen molar-refractivity contribution in [2.45, 2.75) is 6.54 Å². The van der Waals surface area contributed by atoms with Crippen LogP contribution in [0.4, 0.5) is 0 Å². The molecule has 0 aliphatic rings. The Morgan fingerprint density at radius 3 is 2.84 bits per heavy atom. The molecule has 0 saturated carbocycles. The fourth-order valence-electron chi connectivity index (χ4n) is 1.69. The normalized spacial score (nSPS) is 10.7. The van der Waals surface area contributed by atoms with Gasteiger partial charge < -0.3 is 0 Å². The van der Waals surface area contributed by atoms with Gasteiger partial charge in [-0.2, -0.15) is 4.57 Å². The van der Waals surface area contributed by atoms with E-state index in [0.717, 1.165) is 6.54 Å². The average molecular weight is 256 g/mol. The lowest BCUT2D eigenvalue weighted by Crippen LogP contribution is -2.33. The molecule has 1 aromatic heterocycles. The third kappa shape index (κ3) is 4.31. The topological polar surface area (TPSA) is 59.9 Å². The molecule has 2 aromatic rings. The molecule has 0 unspecified atom stereocenters. The number of rotatable bonds is 5. The van der Waals surface area contributed by atoms with Crippen molar-refractivity contribution in [3.05, 3.63) is 76.4 Å². The Labute approximate surface area is 111 Å². The largest absolute Gasteiger partial charge is 0.264 e. The smallest absolute Gasteiger partial charge is 0.222 e. The van der Waals surface area contributed by atoms with Crippen LogP contribution in [0.3, 0.4) is 0 Å². The SMILES string of the molecule is O=[N+]([O-])CC=Cc1c[n+](Cc2ccccc2)ccn1. The highest BCUT2D eigenvalue weighted by atomic mass is 16.6. The monoisotopic (exact) mass is 256 g/mol. The first-order valence-corrected chi connectivity index (χ1v) is 5.91. The molecule has 0 atom stereocenters. The van der Waals surface area contributed by atoms with E-state index in [0.29, 0.717) is 5.69 Å². The van der Waals surface area contributed by atoms with Crippen LogP contribution in [0.1, 0.15) is 11.3 Å². The summed E-state index contributed by atoms with van der Waals surface area (Å²) in [5, 5.41) is 10.2. The zero-order chi connectivity index (χ0) is 13.5. The molecule has 0 bridgehead atoms. The predicted octanol–water partition coefficient (Wildman–Crippen LogP) is 1.71. The van der Waals surface area contributed by atoms with Gasteiger partial charge in [-0.1, -0.05) is 30.3 Å². The molecule has 0 fully saturated rings. The van der Waals surface area contributed by atoms with E-state index in [1.54, 1.807) is 12.3 Å². The second-order valence-corrected chi connectivity index (χ2v) is 4.06. The van der Waals surface area contributed by atoms with Crippen LogP contribution in [0.2, 0.25) is 0 Å². The van der Waals surface area contributed by atoms with Crippen molar-refractivity contribution >= 4 is 6.08 Å². The molecule has 0 aliphatic heterocycles. The summed E-state index contributed by atoms with van der Waals surface area (Å²) in [6.45, 7) is 0.564. The minimum Gasteiger partial charge on any atom is -0.264 e. The van der Waals surface area contributed by atoms with Crippen molar-refractivity contribution in [3.63, 3.8) is 0 Å². The molecule has 0 amide bonds. The number of nitro groups is 1. The molecule has 5 nitrogen and oxygen atoms in total. The first-order chi connectivity index (χ1) is 9.24. The van der Waals surface area contributed by atoms with Crippen LogP contribution in [0.5, 0.6) is 0 Å². The summed E-state index contributed by atoms with van der Waals surface area (Å²) in [5.41, 5.74) is 1.90. The number of benzene rings is 1. The van der Waals surface area contributed by atoms with Gasteiger partial charge >= 0.3 is 0 Å². The van der Waals surface area contributed by atoms with Crippen LogP contribution in [0, 0.1) is 10.1 Å². The maximum absolute atomic E-state index is 10.2. The summed E-state index contributed by atoms with van der Waals surface area (Å²) >= 11 is 0. The van der Waals surface area contributed by atoms with Gasteiger partial charge in [0.05, 0.1) is 6.20 Å². The quantitative estimate of drug-likeness (QED) is 0.465. The number of hydrogen-bond donors (Lipinski definition) is 0. The fourth-order valence-corrected chi connectivity index (χ4v) is 1.69. The highest BCUT2D eigenvalue weighted by Crippen LogP contribution is 1.98. The first-order valence-electron chi connectivity index (χ1n) is 5.91. The van der Waals surface area contributed by atoms with Crippen LogP contribution in [-0.4, -0.2) is 16.5 Å². The molecule has 5 heteroatoms. The molecule has 0 saturated heterocycles. The molecule has 1 aromatic carbocycles. The lowest BCUT2D eigenvalue weighted by Gasteiger charge is -1.97. The Bertz CT molecular complexity index is 582. The average Bonchev–Trinajstić information content (AvgIpc) is 2.40. The minimum absolute atomic E-state index is 0.185. The van der Waals surface area contributed by atoms with Gasteiger partial charge in [-0.05, 0) is 12.2 Å². The van der Waals surface area contributed by atoms with Crippen LogP contribution >= 0.6 is 0 Å². The van der Waals surface area contributed by atoms with Crippen molar-refractivity contribution in [3.8, 4) is 0 Å². The van der Waals surface area contributed by atoms with E-state index >= 15 is 0 Å². The van der Waals surface area contributed by atoms with Gasteiger partial charge in [0.2, 0.25) is 6.54 Å². The molecule has 0 radical (unpaired) electrons. The minimum atomic E-state index is -0.378. The number of aromatic nitrogens is 2. The summed E-state index contributed by atoms with van der Waals surface area (Å²) in [5.74, 6) is 0. The Kier molecular flexibility index (Phi) is 4.34. The van der Waals surface area contributed by atoms with E-state index in [-0.39, 0.29) is 11.5 Å². The summed E-state index contributed by atoms with van der Waals surface area (Å²) < 4.78 is 1.99. The van der Waals surface area contributed by atoms with Crippen LogP contribution in [0.15, 0.2) is 55.0 Å². The van der Waals surface area contributed by atoms with E-state index in [9.17, 15) is 10.1 Å². The first kappa shape index (κ1) is 12.9. The Morgan fingerprint density at radius 2 is 2.11 bits per heavy atom. The summed E-state index contributed by atoms with van der Waals surface area (Å²) in [7, 11) is 0. The maximum atomic E-state index is 10.2. The lowest BCUT2D eigenvalue weighted by atomic mass is 10.2. The van der Waals surface area contributed by atoms with Crippen LogP contribution < -0.4 is 4.57 Å². The van der Waals surface area contributed by atoms with Gasteiger partial charge in [-0.3, -0.25) is 10.1 Å². The molecule has 0 N–H and O–H groups in total. The highest BCUT2D eigenvalue weighted by Gasteiger charge is 2.03. The predicted molar refractivity (Wildman–Crippen MR) is 70.9 cm³/mol. The van der Waals surface area contributed by atoms with Crippen molar-refractivity contribution < 1.29 is 9.49 Å². The number of hydrogen-bond acceptors (Lipinski definition) is 3. The van der Waals surface area contributed by atoms with Crippen molar-refractivity contribution in [2.75, 3.05) is 6.54 Å².